The highest BCUT2D eigenvalue weighted by Gasteiger charge is 2.34. The molecule has 1 aromatic heterocycles. The average molecular weight is 262 g/mol. The summed E-state index contributed by atoms with van der Waals surface area (Å²) in [5.41, 5.74) is 1.33. The molecule has 1 atom stereocenters. The molecule has 1 aromatic rings. The molecule has 0 bridgehead atoms. The third-order valence-corrected chi connectivity index (χ3v) is 4.50. The summed E-state index contributed by atoms with van der Waals surface area (Å²) in [5.74, 6) is 0. The first kappa shape index (κ1) is 14.4. The van der Waals surface area contributed by atoms with Gasteiger partial charge in [-0.2, -0.15) is 0 Å². The van der Waals surface area contributed by atoms with Crippen LogP contribution in [0.25, 0.3) is 0 Å². The first-order valence-corrected chi connectivity index (χ1v) is 7.31. The molecule has 4 nitrogen and oxygen atoms in total. The Hall–Kier alpha value is -1.00. The standard InChI is InChI=1S/C15H26N4/c1-13(14-11-16-9-10-17-14)18-12-15(19(2)3)7-5-4-6-8-15/h9-11,13,18H,4-8,12H2,1-3H3. The first-order valence-electron chi connectivity index (χ1n) is 7.31. The van der Waals surface area contributed by atoms with Crippen molar-refractivity contribution in [1.29, 1.82) is 0 Å². The van der Waals surface area contributed by atoms with E-state index in [4.69, 9.17) is 0 Å². The van der Waals surface area contributed by atoms with Crippen molar-refractivity contribution in [1.82, 2.24) is 20.2 Å². The molecule has 2 rings (SSSR count). The van der Waals surface area contributed by atoms with Crippen molar-refractivity contribution in [2.45, 2.75) is 50.6 Å². The lowest BCUT2D eigenvalue weighted by Gasteiger charge is -2.43. The van der Waals surface area contributed by atoms with Crippen LogP contribution in [0.15, 0.2) is 18.6 Å². The predicted molar refractivity (Wildman–Crippen MR) is 78.0 cm³/mol. The fourth-order valence-corrected chi connectivity index (χ4v) is 2.97. The van der Waals surface area contributed by atoms with Gasteiger partial charge in [0.25, 0.3) is 0 Å². The lowest BCUT2D eigenvalue weighted by atomic mass is 9.80. The van der Waals surface area contributed by atoms with E-state index in [1.165, 1.54) is 32.1 Å². The number of hydrogen-bond donors (Lipinski definition) is 1. The Labute approximate surface area is 116 Å². The number of aromatic nitrogens is 2. The van der Waals surface area contributed by atoms with Gasteiger partial charge < -0.3 is 10.2 Å². The number of likely N-dealkylation sites (N-methyl/N-ethyl adjacent to an activating group) is 1. The molecule has 1 aliphatic rings. The summed E-state index contributed by atoms with van der Waals surface area (Å²) < 4.78 is 0. The molecule has 106 valence electrons. The quantitative estimate of drug-likeness (QED) is 0.884. The SMILES string of the molecule is CC(NCC1(N(C)C)CCCCC1)c1cnccn1. The molecule has 0 radical (unpaired) electrons. The Balaban J connectivity index is 1.95. The minimum Gasteiger partial charge on any atom is -0.307 e. The van der Waals surface area contributed by atoms with Crippen LogP contribution in [-0.2, 0) is 0 Å². The fourth-order valence-electron chi connectivity index (χ4n) is 2.97. The number of rotatable bonds is 5. The Morgan fingerprint density at radius 2 is 2.00 bits per heavy atom. The van der Waals surface area contributed by atoms with Gasteiger partial charge in [0.1, 0.15) is 0 Å². The summed E-state index contributed by atoms with van der Waals surface area (Å²) in [4.78, 5) is 10.9. The molecule has 0 aromatic carbocycles. The maximum atomic E-state index is 4.37. The molecule has 0 aliphatic heterocycles. The van der Waals surface area contributed by atoms with E-state index in [1.54, 1.807) is 12.4 Å². The van der Waals surface area contributed by atoms with Crippen molar-refractivity contribution in [3.8, 4) is 0 Å². The van der Waals surface area contributed by atoms with E-state index in [9.17, 15) is 0 Å². The molecule has 1 N–H and O–H groups in total. The Kier molecular flexibility index (Phi) is 4.88. The largest absolute Gasteiger partial charge is 0.307 e. The highest BCUT2D eigenvalue weighted by Crippen LogP contribution is 2.32. The van der Waals surface area contributed by atoms with Gasteiger partial charge in [-0.1, -0.05) is 19.3 Å². The van der Waals surface area contributed by atoms with Crippen LogP contribution in [0.2, 0.25) is 0 Å². The molecule has 1 unspecified atom stereocenters. The maximum Gasteiger partial charge on any atom is 0.0753 e. The van der Waals surface area contributed by atoms with Gasteiger partial charge in [0.15, 0.2) is 0 Å². The van der Waals surface area contributed by atoms with E-state index >= 15 is 0 Å². The van der Waals surface area contributed by atoms with Crippen LogP contribution in [0.3, 0.4) is 0 Å². The summed E-state index contributed by atoms with van der Waals surface area (Å²) in [5, 5.41) is 3.65. The lowest BCUT2D eigenvalue weighted by Crippen LogP contribution is -2.53. The van der Waals surface area contributed by atoms with Crippen LogP contribution in [-0.4, -0.2) is 41.0 Å². The molecule has 1 aliphatic carbocycles. The van der Waals surface area contributed by atoms with Crippen LogP contribution in [0.1, 0.15) is 50.8 Å². The zero-order valence-corrected chi connectivity index (χ0v) is 12.4. The van der Waals surface area contributed by atoms with Crippen molar-refractivity contribution in [3.63, 3.8) is 0 Å². The molecular weight excluding hydrogens is 236 g/mol. The van der Waals surface area contributed by atoms with Gasteiger partial charge >= 0.3 is 0 Å². The third-order valence-electron chi connectivity index (χ3n) is 4.50. The minimum atomic E-state index is 0.257. The normalized spacial score (nSPS) is 20.4. The molecule has 1 saturated carbocycles. The zero-order valence-electron chi connectivity index (χ0n) is 12.4. The number of hydrogen-bond acceptors (Lipinski definition) is 4. The first-order chi connectivity index (χ1) is 9.14. The summed E-state index contributed by atoms with van der Waals surface area (Å²) in [7, 11) is 4.42. The predicted octanol–water partition coefficient (Wildman–Crippen LogP) is 2.39. The zero-order chi connectivity index (χ0) is 13.7. The van der Waals surface area contributed by atoms with E-state index in [1.807, 2.05) is 6.20 Å². The van der Waals surface area contributed by atoms with Crippen molar-refractivity contribution < 1.29 is 0 Å². The highest BCUT2D eigenvalue weighted by molar-refractivity contribution is 5.02. The van der Waals surface area contributed by atoms with Gasteiger partial charge in [0.2, 0.25) is 0 Å². The number of nitrogens with zero attached hydrogens (tertiary/aromatic N) is 3. The molecule has 19 heavy (non-hydrogen) atoms. The van der Waals surface area contributed by atoms with Gasteiger partial charge in [-0.05, 0) is 33.9 Å². The summed E-state index contributed by atoms with van der Waals surface area (Å²) in [6.45, 7) is 3.19. The van der Waals surface area contributed by atoms with Gasteiger partial charge in [0.05, 0.1) is 5.69 Å². The summed E-state index contributed by atoms with van der Waals surface area (Å²) >= 11 is 0. The fraction of sp³-hybridized carbons (Fsp3) is 0.733. The summed E-state index contributed by atoms with van der Waals surface area (Å²) in [6.07, 6.45) is 12.0. The molecule has 0 saturated heterocycles. The maximum absolute atomic E-state index is 4.37. The van der Waals surface area contributed by atoms with Crippen LogP contribution in [0.5, 0.6) is 0 Å². The molecule has 0 spiro atoms. The molecule has 4 heteroatoms. The van der Waals surface area contributed by atoms with Crippen molar-refractivity contribution >= 4 is 0 Å². The van der Waals surface area contributed by atoms with E-state index in [0.717, 1.165) is 12.2 Å². The number of nitrogens with one attached hydrogen (secondary N) is 1. The van der Waals surface area contributed by atoms with Gasteiger partial charge in [-0.25, -0.2) is 0 Å². The second-order valence-electron chi connectivity index (χ2n) is 5.91. The van der Waals surface area contributed by atoms with Crippen LogP contribution < -0.4 is 5.32 Å². The van der Waals surface area contributed by atoms with Crippen molar-refractivity contribution in [3.05, 3.63) is 24.3 Å². The smallest absolute Gasteiger partial charge is 0.0753 e. The Morgan fingerprint density at radius 1 is 1.26 bits per heavy atom. The second kappa shape index (κ2) is 6.44. The molecule has 1 fully saturated rings. The third kappa shape index (κ3) is 3.51. The highest BCUT2D eigenvalue weighted by atomic mass is 15.2. The van der Waals surface area contributed by atoms with E-state index < -0.39 is 0 Å². The Morgan fingerprint density at radius 3 is 2.58 bits per heavy atom. The second-order valence-corrected chi connectivity index (χ2v) is 5.91. The van der Waals surface area contributed by atoms with Crippen molar-refractivity contribution in [2.75, 3.05) is 20.6 Å². The van der Waals surface area contributed by atoms with Crippen LogP contribution in [0.4, 0.5) is 0 Å². The van der Waals surface area contributed by atoms with Gasteiger partial charge in [-0.15, -0.1) is 0 Å². The van der Waals surface area contributed by atoms with E-state index in [-0.39, 0.29) is 6.04 Å². The lowest BCUT2D eigenvalue weighted by molar-refractivity contribution is 0.0956. The van der Waals surface area contributed by atoms with Crippen LogP contribution >= 0.6 is 0 Å². The Bertz CT molecular complexity index is 371. The van der Waals surface area contributed by atoms with Gasteiger partial charge in [0, 0.05) is 36.7 Å². The average Bonchev–Trinajstić information content (AvgIpc) is 2.46. The van der Waals surface area contributed by atoms with E-state index in [2.05, 4.69) is 41.2 Å². The topological polar surface area (TPSA) is 41.0 Å². The van der Waals surface area contributed by atoms with Crippen LogP contribution in [0, 0.1) is 0 Å². The summed E-state index contributed by atoms with van der Waals surface area (Å²) in [6, 6.07) is 0.257. The van der Waals surface area contributed by atoms with E-state index in [0.29, 0.717) is 5.54 Å². The molecule has 0 amide bonds. The molecular formula is C15H26N4. The minimum absolute atomic E-state index is 0.257. The van der Waals surface area contributed by atoms with Gasteiger partial charge in [-0.3, -0.25) is 9.97 Å². The molecule has 1 heterocycles. The monoisotopic (exact) mass is 262 g/mol. The van der Waals surface area contributed by atoms with Crippen molar-refractivity contribution in [2.24, 2.45) is 0 Å².